The lowest BCUT2D eigenvalue weighted by Gasteiger charge is -2.23. The Kier molecular flexibility index (Phi) is 5.55. The van der Waals surface area contributed by atoms with E-state index in [1.54, 1.807) is 24.5 Å². The average molecular weight is 501 g/mol. The van der Waals surface area contributed by atoms with Crippen LogP contribution in [0.4, 0.5) is 8.78 Å². The van der Waals surface area contributed by atoms with Gasteiger partial charge < -0.3 is 13.9 Å². The largest absolute Gasteiger partial charge is 0.465 e. The zero-order valence-electron chi connectivity index (χ0n) is 20.7. The molecule has 3 heterocycles. The second kappa shape index (κ2) is 8.80. The molecule has 0 saturated heterocycles. The lowest BCUT2D eigenvalue weighted by Crippen LogP contribution is -2.26. The minimum absolute atomic E-state index is 0.118. The SMILES string of the molecule is CCn1c2c(c3cc(-c4nc5cc(C(=O)OC)ccc5n4Cc4cccnc4)ccc31)CC(F)(F)CC2. The first-order valence-electron chi connectivity index (χ1n) is 12.4. The topological polar surface area (TPSA) is 61.9 Å². The number of carbonyl (C=O) groups is 1. The monoisotopic (exact) mass is 500 g/mol. The molecule has 1 aliphatic carbocycles. The number of methoxy groups -OCH3 is 1. The van der Waals surface area contributed by atoms with Crippen molar-refractivity contribution in [3.8, 4) is 11.4 Å². The van der Waals surface area contributed by atoms with E-state index in [1.165, 1.54) is 7.11 Å². The first-order chi connectivity index (χ1) is 17.9. The highest BCUT2D eigenvalue weighted by atomic mass is 19.3. The summed E-state index contributed by atoms with van der Waals surface area (Å²) in [4.78, 5) is 21.3. The Morgan fingerprint density at radius 1 is 1.11 bits per heavy atom. The maximum atomic E-state index is 14.5. The highest BCUT2D eigenvalue weighted by Gasteiger charge is 2.37. The van der Waals surface area contributed by atoms with E-state index in [9.17, 15) is 13.6 Å². The summed E-state index contributed by atoms with van der Waals surface area (Å²) in [5.74, 6) is -2.43. The van der Waals surface area contributed by atoms with Crippen molar-refractivity contribution in [3.05, 3.63) is 83.3 Å². The molecule has 5 aromatic rings. The van der Waals surface area contributed by atoms with Crippen molar-refractivity contribution >= 4 is 27.9 Å². The third-order valence-electron chi connectivity index (χ3n) is 7.26. The van der Waals surface area contributed by atoms with Crippen molar-refractivity contribution in [2.75, 3.05) is 7.11 Å². The molecule has 0 bridgehead atoms. The van der Waals surface area contributed by atoms with Crippen molar-refractivity contribution in [3.63, 3.8) is 0 Å². The Bertz CT molecular complexity index is 1650. The van der Waals surface area contributed by atoms with Crippen molar-refractivity contribution in [2.24, 2.45) is 0 Å². The first-order valence-corrected chi connectivity index (χ1v) is 12.4. The van der Waals surface area contributed by atoms with Gasteiger partial charge in [0.15, 0.2) is 0 Å². The smallest absolute Gasteiger partial charge is 0.337 e. The Hall–Kier alpha value is -4.07. The predicted octanol–water partition coefficient (Wildman–Crippen LogP) is 6.03. The van der Waals surface area contributed by atoms with Crippen molar-refractivity contribution in [1.82, 2.24) is 19.1 Å². The van der Waals surface area contributed by atoms with E-state index < -0.39 is 11.9 Å². The molecule has 0 saturated carbocycles. The van der Waals surface area contributed by atoms with Gasteiger partial charge in [-0.1, -0.05) is 6.07 Å². The number of benzene rings is 2. The van der Waals surface area contributed by atoms with Crippen molar-refractivity contribution in [2.45, 2.75) is 45.2 Å². The standard InChI is InChI=1S/C29H26F2N4O2/c1-3-34-24-8-6-19(13-21(24)22-15-29(30,31)11-10-25(22)34)27-33-23-14-20(28(36)37-2)7-9-26(23)35(27)17-18-5-4-12-32-16-18/h4-9,12-14,16H,3,10-11,15,17H2,1-2H3. The van der Waals surface area contributed by atoms with Crippen LogP contribution in [0.3, 0.4) is 0 Å². The number of fused-ring (bicyclic) bond motifs is 4. The molecular weight excluding hydrogens is 474 g/mol. The summed E-state index contributed by atoms with van der Waals surface area (Å²) in [6.45, 7) is 3.29. The van der Waals surface area contributed by atoms with Gasteiger partial charge in [0.05, 0.1) is 30.3 Å². The zero-order chi connectivity index (χ0) is 25.7. The number of imidazole rings is 1. The van der Waals surface area contributed by atoms with Gasteiger partial charge >= 0.3 is 5.97 Å². The number of pyridine rings is 1. The number of aromatic nitrogens is 4. The summed E-state index contributed by atoms with van der Waals surface area (Å²) < 4.78 is 38.0. The molecule has 0 aliphatic heterocycles. The number of nitrogens with zero attached hydrogens (tertiary/aromatic N) is 4. The van der Waals surface area contributed by atoms with Crippen LogP contribution in [-0.4, -0.2) is 38.1 Å². The Balaban J connectivity index is 1.56. The van der Waals surface area contributed by atoms with E-state index in [0.29, 0.717) is 29.9 Å². The van der Waals surface area contributed by atoms with E-state index in [0.717, 1.165) is 45.3 Å². The summed E-state index contributed by atoms with van der Waals surface area (Å²) >= 11 is 0. The summed E-state index contributed by atoms with van der Waals surface area (Å²) in [7, 11) is 1.35. The Morgan fingerprint density at radius 3 is 2.70 bits per heavy atom. The molecule has 0 unspecified atom stereocenters. The number of alkyl halides is 2. The van der Waals surface area contributed by atoms with E-state index >= 15 is 0 Å². The van der Waals surface area contributed by atoms with Crippen LogP contribution in [0.25, 0.3) is 33.3 Å². The molecular formula is C29H26F2N4O2. The quantitative estimate of drug-likeness (QED) is 0.277. The third kappa shape index (κ3) is 3.97. The van der Waals surface area contributed by atoms with Crippen molar-refractivity contribution in [1.29, 1.82) is 0 Å². The van der Waals surface area contributed by atoms with Crippen molar-refractivity contribution < 1.29 is 18.3 Å². The second-order valence-corrected chi connectivity index (χ2v) is 9.51. The maximum Gasteiger partial charge on any atom is 0.337 e. The molecule has 0 radical (unpaired) electrons. The highest BCUT2D eigenvalue weighted by Crippen LogP contribution is 2.40. The number of esters is 1. The number of hydrogen-bond donors (Lipinski definition) is 0. The van der Waals surface area contributed by atoms with E-state index in [2.05, 4.69) is 14.1 Å². The molecule has 6 nitrogen and oxygen atoms in total. The van der Waals surface area contributed by atoms with Gasteiger partial charge in [-0.25, -0.2) is 18.6 Å². The van der Waals surface area contributed by atoms with E-state index in [4.69, 9.17) is 9.72 Å². The number of ether oxygens (including phenoxy) is 1. The molecule has 0 spiro atoms. The van der Waals surface area contributed by atoms with Gasteiger partial charge in [0, 0.05) is 53.9 Å². The molecule has 37 heavy (non-hydrogen) atoms. The van der Waals surface area contributed by atoms with Crippen LogP contribution in [0.1, 0.15) is 40.5 Å². The maximum absolute atomic E-state index is 14.5. The minimum Gasteiger partial charge on any atom is -0.465 e. The molecule has 6 rings (SSSR count). The predicted molar refractivity (Wildman–Crippen MR) is 138 cm³/mol. The molecule has 0 fully saturated rings. The van der Waals surface area contributed by atoms with Gasteiger partial charge in [0.25, 0.3) is 5.92 Å². The summed E-state index contributed by atoms with van der Waals surface area (Å²) in [6, 6.07) is 15.2. The summed E-state index contributed by atoms with van der Waals surface area (Å²) in [6.07, 6.45) is 3.54. The van der Waals surface area contributed by atoms with E-state index in [-0.39, 0.29) is 12.8 Å². The molecule has 0 atom stereocenters. The fraction of sp³-hybridized carbons (Fsp3) is 0.276. The van der Waals surface area contributed by atoms with Crippen LogP contribution < -0.4 is 0 Å². The van der Waals surface area contributed by atoms with Gasteiger partial charge in [-0.2, -0.15) is 0 Å². The zero-order valence-corrected chi connectivity index (χ0v) is 20.7. The lowest BCUT2D eigenvalue weighted by molar-refractivity contribution is -0.0125. The van der Waals surface area contributed by atoms with Crippen LogP contribution in [-0.2, 0) is 30.7 Å². The Morgan fingerprint density at radius 2 is 1.95 bits per heavy atom. The molecule has 188 valence electrons. The molecule has 8 heteroatoms. The first kappa shape index (κ1) is 23.3. The number of rotatable bonds is 5. The molecule has 1 aliphatic rings. The van der Waals surface area contributed by atoms with Crippen LogP contribution in [0.2, 0.25) is 0 Å². The van der Waals surface area contributed by atoms with Crippen LogP contribution in [0.5, 0.6) is 0 Å². The van der Waals surface area contributed by atoms with Gasteiger partial charge in [0.1, 0.15) is 5.82 Å². The number of halogens is 2. The number of hydrogen-bond acceptors (Lipinski definition) is 4. The normalized spacial score (nSPS) is 14.7. The van der Waals surface area contributed by atoms with Crippen LogP contribution >= 0.6 is 0 Å². The van der Waals surface area contributed by atoms with Gasteiger partial charge in [-0.15, -0.1) is 0 Å². The van der Waals surface area contributed by atoms with E-state index in [1.807, 2.05) is 43.3 Å². The number of aryl methyl sites for hydroxylation is 1. The Labute approximate surface area is 212 Å². The number of carbonyl (C=O) groups excluding carboxylic acids is 1. The molecule has 0 amide bonds. The fourth-order valence-corrected chi connectivity index (χ4v) is 5.54. The van der Waals surface area contributed by atoms with Gasteiger partial charge in [0.2, 0.25) is 0 Å². The summed E-state index contributed by atoms with van der Waals surface area (Å²) in [5.41, 5.74) is 6.46. The van der Waals surface area contributed by atoms with Crippen LogP contribution in [0.15, 0.2) is 60.9 Å². The summed E-state index contributed by atoms with van der Waals surface area (Å²) in [5, 5.41) is 0.851. The minimum atomic E-state index is -2.70. The van der Waals surface area contributed by atoms with Crippen LogP contribution in [0, 0.1) is 0 Å². The van der Waals surface area contributed by atoms with Gasteiger partial charge in [-0.05, 0) is 66.9 Å². The molecule has 3 aromatic heterocycles. The molecule has 2 aromatic carbocycles. The van der Waals surface area contributed by atoms with Gasteiger partial charge in [-0.3, -0.25) is 4.98 Å². The fourth-order valence-electron chi connectivity index (χ4n) is 5.54. The lowest BCUT2D eigenvalue weighted by atomic mass is 9.92. The second-order valence-electron chi connectivity index (χ2n) is 9.51. The molecule has 0 N–H and O–H groups in total. The highest BCUT2D eigenvalue weighted by molar-refractivity contribution is 5.95. The third-order valence-corrected chi connectivity index (χ3v) is 7.26. The average Bonchev–Trinajstić information content (AvgIpc) is 3.42.